The van der Waals surface area contributed by atoms with Crippen LogP contribution in [-0.2, 0) is 16.0 Å². The summed E-state index contributed by atoms with van der Waals surface area (Å²) in [6.45, 7) is 0.436. The van der Waals surface area contributed by atoms with Crippen molar-refractivity contribution < 1.29 is 14.7 Å². The molecule has 5 heteroatoms. The third kappa shape index (κ3) is 2.54. The Kier molecular flexibility index (Phi) is 3.01. The molecule has 0 bridgehead atoms. The number of piperazine rings is 1. The smallest absolute Gasteiger partial charge is 0.248 e. The summed E-state index contributed by atoms with van der Waals surface area (Å²) in [5.74, 6) is -0.375. The molecule has 106 valence electrons. The molecule has 1 aromatic rings. The minimum Gasteiger partial charge on any atom is -0.390 e. The van der Waals surface area contributed by atoms with Crippen molar-refractivity contribution in [2.24, 2.45) is 0 Å². The van der Waals surface area contributed by atoms with Crippen molar-refractivity contribution in [3.05, 3.63) is 29.8 Å². The van der Waals surface area contributed by atoms with Crippen LogP contribution >= 0.6 is 0 Å². The van der Waals surface area contributed by atoms with Gasteiger partial charge in [0.25, 0.3) is 0 Å². The van der Waals surface area contributed by atoms with E-state index in [1.165, 1.54) is 11.9 Å². The maximum absolute atomic E-state index is 11.7. The van der Waals surface area contributed by atoms with Crippen LogP contribution < -0.4 is 4.90 Å². The Bertz CT molecular complexity index is 548. The minimum atomic E-state index is -0.535. The SMILES string of the molecule is CN1C(=O)CN(c2cccc(CC3(O)CC3)c2)CC1=O. The van der Waals surface area contributed by atoms with Crippen LogP contribution in [0.3, 0.4) is 0 Å². The fourth-order valence-corrected chi connectivity index (χ4v) is 2.48. The summed E-state index contributed by atoms with van der Waals surface area (Å²) < 4.78 is 0. The third-order valence-electron chi connectivity index (χ3n) is 4.04. The molecule has 1 aliphatic heterocycles. The molecule has 0 aromatic heterocycles. The number of imide groups is 1. The van der Waals surface area contributed by atoms with Crippen LogP contribution in [0, 0.1) is 0 Å². The maximum Gasteiger partial charge on any atom is 0.248 e. The van der Waals surface area contributed by atoms with E-state index in [9.17, 15) is 14.7 Å². The van der Waals surface area contributed by atoms with Gasteiger partial charge in [-0.25, -0.2) is 0 Å². The molecule has 0 unspecified atom stereocenters. The zero-order chi connectivity index (χ0) is 14.3. The van der Waals surface area contributed by atoms with Gasteiger partial charge < -0.3 is 10.0 Å². The lowest BCUT2D eigenvalue weighted by Crippen LogP contribution is -2.52. The van der Waals surface area contributed by atoms with Crippen LogP contribution in [0.1, 0.15) is 18.4 Å². The zero-order valence-electron chi connectivity index (χ0n) is 11.5. The van der Waals surface area contributed by atoms with E-state index in [2.05, 4.69) is 0 Å². The second-order valence-electron chi connectivity index (χ2n) is 5.77. The number of aliphatic hydroxyl groups is 1. The Labute approximate surface area is 117 Å². The predicted molar refractivity (Wildman–Crippen MR) is 74.3 cm³/mol. The summed E-state index contributed by atoms with van der Waals surface area (Å²) in [4.78, 5) is 26.4. The highest BCUT2D eigenvalue weighted by Crippen LogP contribution is 2.38. The van der Waals surface area contributed by atoms with Crippen LogP contribution in [0.25, 0.3) is 0 Å². The molecule has 1 saturated heterocycles. The number of likely N-dealkylation sites (N-methyl/N-ethyl adjacent to an activating group) is 1. The van der Waals surface area contributed by atoms with Crippen molar-refractivity contribution in [3.8, 4) is 0 Å². The fourth-order valence-electron chi connectivity index (χ4n) is 2.48. The summed E-state index contributed by atoms with van der Waals surface area (Å²) in [6, 6.07) is 7.73. The molecular formula is C15H18N2O3. The van der Waals surface area contributed by atoms with E-state index in [-0.39, 0.29) is 24.9 Å². The van der Waals surface area contributed by atoms with Crippen LogP contribution in [0.5, 0.6) is 0 Å². The van der Waals surface area contributed by atoms with Crippen molar-refractivity contribution >= 4 is 17.5 Å². The summed E-state index contributed by atoms with van der Waals surface area (Å²) in [7, 11) is 1.51. The quantitative estimate of drug-likeness (QED) is 0.818. The summed E-state index contributed by atoms with van der Waals surface area (Å²) in [5.41, 5.74) is 1.37. The average Bonchev–Trinajstić information content (AvgIpc) is 3.13. The van der Waals surface area contributed by atoms with E-state index in [4.69, 9.17) is 0 Å². The van der Waals surface area contributed by atoms with Gasteiger partial charge in [0.1, 0.15) is 0 Å². The molecule has 0 spiro atoms. The number of amides is 2. The van der Waals surface area contributed by atoms with E-state index < -0.39 is 5.60 Å². The van der Waals surface area contributed by atoms with Crippen LogP contribution in [0.15, 0.2) is 24.3 Å². The van der Waals surface area contributed by atoms with Gasteiger partial charge in [0.05, 0.1) is 18.7 Å². The molecule has 2 aliphatic rings. The summed E-state index contributed by atoms with van der Waals surface area (Å²) in [5, 5.41) is 9.97. The molecule has 3 rings (SSSR count). The van der Waals surface area contributed by atoms with Crippen LogP contribution in [0.4, 0.5) is 5.69 Å². The lowest BCUT2D eigenvalue weighted by molar-refractivity contribution is -0.143. The Balaban J connectivity index is 1.78. The van der Waals surface area contributed by atoms with Crippen molar-refractivity contribution in [3.63, 3.8) is 0 Å². The molecular weight excluding hydrogens is 256 g/mol. The Hall–Kier alpha value is -1.88. The molecule has 2 fully saturated rings. The third-order valence-corrected chi connectivity index (χ3v) is 4.04. The molecule has 1 aromatic carbocycles. The number of hydrogen-bond donors (Lipinski definition) is 1. The lowest BCUT2D eigenvalue weighted by atomic mass is 10.1. The van der Waals surface area contributed by atoms with Gasteiger partial charge in [-0.2, -0.15) is 0 Å². The Morgan fingerprint density at radius 2 is 1.85 bits per heavy atom. The first kappa shape index (κ1) is 13.1. The zero-order valence-corrected chi connectivity index (χ0v) is 11.5. The maximum atomic E-state index is 11.7. The van der Waals surface area contributed by atoms with Crippen LogP contribution in [-0.4, -0.2) is 47.6 Å². The molecule has 0 atom stereocenters. The highest BCUT2D eigenvalue weighted by atomic mass is 16.3. The predicted octanol–water partition coefficient (Wildman–Crippen LogP) is 0.559. The second-order valence-corrected chi connectivity index (χ2v) is 5.77. The van der Waals surface area contributed by atoms with Crippen molar-refractivity contribution in [2.75, 3.05) is 25.0 Å². The van der Waals surface area contributed by atoms with E-state index >= 15 is 0 Å². The number of carbonyl (C=O) groups is 2. The molecule has 1 saturated carbocycles. The summed E-state index contributed by atoms with van der Waals surface area (Å²) >= 11 is 0. The van der Waals surface area contributed by atoms with Gasteiger partial charge in [-0.15, -0.1) is 0 Å². The average molecular weight is 274 g/mol. The van der Waals surface area contributed by atoms with E-state index in [0.717, 1.165) is 24.1 Å². The normalized spacial score (nSPS) is 21.3. The second kappa shape index (κ2) is 4.59. The van der Waals surface area contributed by atoms with Crippen LogP contribution in [0.2, 0.25) is 0 Å². The number of benzene rings is 1. The largest absolute Gasteiger partial charge is 0.390 e. The minimum absolute atomic E-state index is 0.188. The first-order valence-corrected chi connectivity index (χ1v) is 6.83. The van der Waals surface area contributed by atoms with Crippen molar-refractivity contribution in [2.45, 2.75) is 24.9 Å². The molecule has 1 aliphatic carbocycles. The molecule has 2 amide bonds. The molecule has 20 heavy (non-hydrogen) atoms. The van der Waals surface area contributed by atoms with Crippen molar-refractivity contribution in [1.29, 1.82) is 0 Å². The fraction of sp³-hybridized carbons (Fsp3) is 0.467. The molecule has 1 N–H and O–H groups in total. The van der Waals surface area contributed by atoms with E-state index in [1.807, 2.05) is 24.3 Å². The highest BCUT2D eigenvalue weighted by molar-refractivity contribution is 6.02. The highest BCUT2D eigenvalue weighted by Gasteiger charge is 2.40. The molecule has 1 heterocycles. The first-order valence-electron chi connectivity index (χ1n) is 6.83. The molecule has 5 nitrogen and oxygen atoms in total. The lowest BCUT2D eigenvalue weighted by Gasteiger charge is -2.32. The van der Waals surface area contributed by atoms with E-state index in [0.29, 0.717) is 6.42 Å². The Morgan fingerprint density at radius 1 is 1.20 bits per heavy atom. The summed E-state index contributed by atoms with van der Waals surface area (Å²) in [6.07, 6.45) is 2.34. The number of nitrogens with zero attached hydrogens (tertiary/aromatic N) is 2. The van der Waals surface area contributed by atoms with E-state index in [1.54, 1.807) is 4.90 Å². The van der Waals surface area contributed by atoms with Gasteiger partial charge in [-0.05, 0) is 30.5 Å². The van der Waals surface area contributed by atoms with Gasteiger partial charge >= 0.3 is 0 Å². The molecule has 0 radical (unpaired) electrons. The Morgan fingerprint density at radius 3 is 2.45 bits per heavy atom. The van der Waals surface area contributed by atoms with Crippen molar-refractivity contribution in [1.82, 2.24) is 4.90 Å². The van der Waals surface area contributed by atoms with Gasteiger partial charge in [0.15, 0.2) is 0 Å². The number of hydrogen-bond acceptors (Lipinski definition) is 4. The first-order chi connectivity index (χ1) is 9.47. The van der Waals surface area contributed by atoms with Gasteiger partial charge in [-0.1, -0.05) is 12.1 Å². The number of anilines is 1. The monoisotopic (exact) mass is 274 g/mol. The van der Waals surface area contributed by atoms with Gasteiger partial charge in [0, 0.05) is 19.2 Å². The topological polar surface area (TPSA) is 60.9 Å². The van der Waals surface area contributed by atoms with Gasteiger partial charge in [0.2, 0.25) is 11.8 Å². The number of rotatable bonds is 3. The van der Waals surface area contributed by atoms with Gasteiger partial charge in [-0.3, -0.25) is 14.5 Å². The standard InChI is InChI=1S/C15H18N2O3/c1-16-13(18)9-17(10-14(16)19)12-4-2-3-11(7-12)8-15(20)5-6-15/h2-4,7,20H,5-6,8-10H2,1H3. The number of carbonyl (C=O) groups excluding carboxylic acids is 2.